The van der Waals surface area contributed by atoms with Crippen LogP contribution >= 0.6 is 27.7 Å². The van der Waals surface area contributed by atoms with Crippen molar-refractivity contribution in [3.05, 3.63) is 28.6 Å². The highest BCUT2D eigenvalue weighted by Crippen LogP contribution is 2.32. The molecule has 2 nitrogen and oxygen atoms in total. The lowest BCUT2D eigenvalue weighted by Crippen LogP contribution is -2.28. The smallest absolute Gasteiger partial charge is 0.217 e. The number of hydrogen-bond acceptors (Lipinski definition) is 2. The third-order valence-electron chi connectivity index (χ3n) is 2.86. The lowest BCUT2D eigenvalue weighted by molar-refractivity contribution is -0.133. The lowest BCUT2D eigenvalue weighted by Gasteiger charge is -2.24. The van der Waals surface area contributed by atoms with Crippen LogP contribution in [0.3, 0.4) is 0 Å². The molecule has 15 heavy (non-hydrogen) atoms. The van der Waals surface area contributed by atoms with Gasteiger partial charge in [-0.15, -0.1) is 0 Å². The first kappa shape index (κ1) is 11.1. The van der Waals surface area contributed by atoms with Crippen molar-refractivity contribution < 1.29 is 9.59 Å². The Morgan fingerprint density at radius 3 is 2.93 bits per heavy atom. The summed E-state index contributed by atoms with van der Waals surface area (Å²) < 4.78 is 1.02. The Morgan fingerprint density at radius 2 is 2.20 bits per heavy atom. The fourth-order valence-electron chi connectivity index (χ4n) is 2.06. The Balaban J connectivity index is 2.20. The van der Waals surface area contributed by atoms with Gasteiger partial charge in [0.1, 0.15) is 0 Å². The van der Waals surface area contributed by atoms with Crippen molar-refractivity contribution in [1.29, 1.82) is 0 Å². The van der Waals surface area contributed by atoms with Crippen molar-refractivity contribution >= 4 is 38.6 Å². The summed E-state index contributed by atoms with van der Waals surface area (Å²) in [5.41, 5.74) is 1.02. The molecule has 2 aliphatic rings. The van der Waals surface area contributed by atoms with Gasteiger partial charge in [0.25, 0.3) is 0 Å². The van der Waals surface area contributed by atoms with Gasteiger partial charge >= 0.3 is 0 Å². The number of ketones is 1. The van der Waals surface area contributed by atoms with Gasteiger partial charge < -0.3 is 0 Å². The van der Waals surface area contributed by atoms with Crippen molar-refractivity contribution in [2.45, 2.75) is 12.8 Å². The average molecular weight is 290 g/mol. The minimum atomic E-state index is -0.751. The van der Waals surface area contributed by atoms with E-state index in [1.165, 1.54) is 0 Å². The topological polar surface area (TPSA) is 34.1 Å². The van der Waals surface area contributed by atoms with E-state index in [4.69, 9.17) is 0 Å². The number of Topliss-reactive ketones (excluding diaryl/α,β-unsaturated/α-hetero) is 1. The van der Waals surface area contributed by atoms with Gasteiger partial charge in [-0.25, -0.2) is 0 Å². The maximum absolute atomic E-state index is 11.7. The normalized spacial score (nSPS) is 27.9. The summed E-state index contributed by atoms with van der Waals surface area (Å²) in [6.07, 6.45) is 7.79. The zero-order chi connectivity index (χ0) is 10.8. The molecule has 0 aromatic heterocycles. The first-order valence-electron chi connectivity index (χ1n) is 5.16. The summed E-state index contributed by atoms with van der Waals surface area (Å²) in [5, 5.41) is -0.0637. The predicted octanol–water partition coefficient (Wildman–Crippen LogP) is 1.58. The summed E-state index contributed by atoms with van der Waals surface area (Å²) in [5.74, 6) is 0.680. The first-order chi connectivity index (χ1) is 7.18. The van der Waals surface area contributed by atoms with Crippen molar-refractivity contribution in [2.24, 2.45) is 5.92 Å². The predicted molar refractivity (Wildman–Crippen MR) is 70.2 cm³/mol. The van der Waals surface area contributed by atoms with Gasteiger partial charge in [0.05, 0.1) is 5.92 Å². The molecule has 0 bridgehead atoms. The summed E-state index contributed by atoms with van der Waals surface area (Å²) in [6, 6.07) is 0. The average Bonchev–Trinajstić information content (AvgIpc) is 2.22. The standard InChI is InChI=1S/C11H14BrO2S/c12-8-3-1-2-7(6-8)9-4-5-15-11(14)10(9)13/h2-3,6,9H,1,4-5H2,15H4. The fourth-order valence-corrected chi connectivity index (χ4v) is 3.94. The van der Waals surface area contributed by atoms with E-state index < -0.39 is 11.8 Å². The molecule has 0 amide bonds. The second kappa shape index (κ2) is 4.66. The zero-order valence-corrected chi connectivity index (χ0v) is 11.3. The van der Waals surface area contributed by atoms with Crippen LogP contribution in [0.15, 0.2) is 22.2 Å². The molecule has 1 aliphatic carbocycles. The van der Waals surface area contributed by atoms with Gasteiger partial charge in [-0.1, -0.05) is 22.0 Å². The molecule has 0 aromatic rings. The molecule has 1 radical (unpaired) electrons. The van der Waals surface area contributed by atoms with Gasteiger partial charge in [-0.05, 0) is 34.7 Å². The Bertz CT molecular complexity index is 371. The first-order valence-corrected chi connectivity index (χ1v) is 7.66. The summed E-state index contributed by atoms with van der Waals surface area (Å²) in [6.45, 7) is 0. The van der Waals surface area contributed by atoms with E-state index in [9.17, 15) is 9.59 Å². The Labute approximate surface area is 101 Å². The van der Waals surface area contributed by atoms with Crippen LogP contribution in [0.1, 0.15) is 12.8 Å². The van der Waals surface area contributed by atoms with E-state index in [2.05, 4.69) is 15.9 Å². The fraction of sp³-hybridized carbons (Fsp3) is 0.364. The van der Waals surface area contributed by atoms with E-state index in [1.807, 2.05) is 18.6 Å². The Hall–Kier alpha value is -0.350. The van der Waals surface area contributed by atoms with Crippen LogP contribution in [-0.2, 0) is 9.59 Å². The molecule has 1 fully saturated rings. The minimum Gasteiger partial charge on any atom is -0.289 e. The quantitative estimate of drug-likeness (QED) is 0.687. The summed E-state index contributed by atoms with van der Waals surface area (Å²) in [4.78, 5) is 23.1. The number of hydrogen-bond donors (Lipinski definition) is 0. The van der Waals surface area contributed by atoms with Crippen LogP contribution < -0.4 is 0 Å². The molecule has 0 aromatic carbocycles. The number of carbonyl (C=O) groups is 2. The van der Waals surface area contributed by atoms with Crippen molar-refractivity contribution in [1.82, 2.24) is 0 Å². The highest BCUT2D eigenvalue weighted by atomic mass is 79.9. The monoisotopic (exact) mass is 289 g/mol. The summed E-state index contributed by atoms with van der Waals surface area (Å²) >= 11 is 2.66. The molecule has 4 heteroatoms. The molecule has 1 unspecified atom stereocenters. The number of carbonyl (C=O) groups excluding carboxylic acids is 2. The molecular formula is C11H14BrO2S. The molecule has 0 saturated carbocycles. The molecule has 1 aliphatic heterocycles. The van der Waals surface area contributed by atoms with E-state index in [-0.39, 0.29) is 16.8 Å². The Kier molecular flexibility index (Phi) is 3.46. The third-order valence-corrected chi connectivity index (χ3v) is 4.98. The van der Waals surface area contributed by atoms with Crippen LogP contribution in [-0.4, -0.2) is 16.7 Å². The summed E-state index contributed by atoms with van der Waals surface area (Å²) in [7, 11) is 0. The van der Waals surface area contributed by atoms with E-state index in [0.717, 1.165) is 28.6 Å². The molecule has 0 N–H and O–H groups in total. The van der Waals surface area contributed by atoms with E-state index in [1.54, 1.807) is 0 Å². The number of halogens is 1. The zero-order valence-electron chi connectivity index (χ0n) is 8.33. The molecule has 1 saturated heterocycles. The van der Waals surface area contributed by atoms with Gasteiger partial charge in [-0.2, -0.15) is 0 Å². The highest BCUT2D eigenvalue weighted by molar-refractivity contribution is 9.11. The lowest BCUT2D eigenvalue weighted by atomic mass is 9.88. The molecular weight excluding hydrogens is 276 g/mol. The maximum atomic E-state index is 11.7. The van der Waals surface area contributed by atoms with Gasteiger partial charge in [0.2, 0.25) is 10.9 Å². The molecule has 1 atom stereocenters. The maximum Gasteiger partial charge on any atom is 0.217 e. The SMILES string of the molecule is O=C1[SH4]CCC(C2=CC[CH]C(Br)=C2)C1=O. The molecule has 0 spiro atoms. The second-order valence-corrected chi connectivity index (χ2v) is 6.67. The van der Waals surface area contributed by atoms with E-state index >= 15 is 0 Å². The van der Waals surface area contributed by atoms with Crippen LogP contribution in [0.2, 0.25) is 0 Å². The second-order valence-electron chi connectivity index (χ2n) is 3.91. The number of allylic oxidation sites excluding steroid dienone is 4. The van der Waals surface area contributed by atoms with Crippen molar-refractivity contribution in [3.63, 3.8) is 0 Å². The van der Waals surface area contributed by atoms with Crippen LogP contribution in [0.25, 0.3) is 0 Å². The minimum absolute atomic E-state index is 0.0637. The van der Waals surface area contributed by atoms with E-state index in [0.29, 0.717) is 0 Å². The van der Waals surface area contributed by atoms with Gasteiger partial charge in [0.15, 0.2) is 0 Å². The number of rotatable bonds is 1. The largest absolute Gasteiger partial charge is 0.289 e. The van der Waals surface area contributed by atoms with Gasteiger partial charge in [0, 0.05) is 6.42 Å². The van der Waals surface area contributed by atoms with Crippen LogP contribution in [0.5, 0.6) is 0 Å². The highest BCUT2D eigenvalue weighted by Gasteiger charge is 2.30. The van der Waals surface area contributed by atoms with Crippen LogP contribution in [0.4, 0.5) is 0 Å². The van der Waals surface area contributed by atoms with Gasteiger partial charge in [-0.3, -0.25) is 21.4 Å². The molecule has 83 valence electrons. The molecule has 1 heterocycles. The third kappa shape index (κ3) is 2.42. The molecule has 2 rings (SSSR count). The van der Waals surface area contributed by atoms with Crippen LogP contribution in [0, 0.1) is 12.3 Å². The van der Waals surface area contributed by atoms with Crippen molar-refractivity contribution in [3.8, 4) is 0 Å². The van der Waals surface area contributed by atoms with Crippen molar-refractivity contribution in [2.75, 3.05) is 5.75 Å². The Morgan fingerprint density at radius 1 is 1.40 bits per heavy atom.